The van der Waals surface area contributed by atoms with Crippen LogP contribution in [0.1, 0.15) is 22.8 Å². The molecule has 64 valence electrons. The number of carbonyl (C=O) groups is 1. The normalized spacial score (nSPS) is 9.75. The predicted octanol–water partition coefficient (Wildman–Crippen LogP) is 1.65. The van der Waals surface area contributed by atoms with Crippen molar-refractivity contribution in [1.29, 1.82) is 0 Å². The Morgan fingerprint density at radius 1 is 1.50 bits per heavy atom. The highest BCUT2D eigenvalue weighted by Gasteiger charge is 2.10. The molecule has 0 aliphatic heterocycles. The summed E-state index contributed by atoms with van der Waals surface area (Å²) in [5.74, 6) is -1.21. The van der Waals surface area contributed by atoms with Crippen LogP contribution in [0.3, 0.4) is 0 Å². The molecule has 1 aromatic carbocycles. The number of hydrogen-bond acceptors (Lipinski definition) is 2. The molecule has 0 unspecified atom stereocenters. The van der Waals surface area contributed by atoms with Crippen molar-refractivity contribution in [2.45, 2.75) is 13.3 Å². The van der Waals surface area contributed by atoms with Crippen molar-refractivity contribution in [3.8, 4) is 5.75 Å². The topological polar surface area (TPSA) is 57.5 Å². The zero-order valence-corrected chi connectivity index (χ0v) is 6.74. The number of aromatic carboxylic acids is 1. The van der Waals surface area contributed by atoms with Crippen LogP contribution >= 0.6 is 0 Å². The second-order valence-corrected chi connectivity index (χ2v) is 2.47. The number of carboxylic acids is 1. The van der Waals surface area contributed by atoms with Gasteiger partial charge in [-0.3, -0.25) is 0 Å². The molecule has 1 aromatic rings. The molecule has 0 aliphatic carbocycles. The molecular formula is C9H10O3. The summed E-state index contributed by atoms with van der Waals surface area (Å²) in [6, 6.07) is 4.72. The van der Waals surface area contributed by atoms with Gasteiger partial charge in [0.05, 0.1) is 0 Å². The summed E-state index contributed by atoms with van der Waals surface area (Å²) in [6.07, 6.45) is 0.632. The minimum atomic E-state index is -1.09. The first kappa shape index (κ1) is 8.59. The van der Waals surface area contributed by atoms with Crippen LogP contribution in [0.4, 0.5) is 0 Å². The van der Waals surface area contributed by atoms with Crippen molar-refractivity contribution in [1.82, 2.24) is 0 Å². The maximum Gasteiger partial charge on any atom is 0.339 e. The summed E-state index contributed by atoms with van der Waals surface area (Å²) >= 11 is 0. The highest BCUT2D eigenvalue weighted by atomic mass is 16.4. The van der Waals surface area contributed by atoms with Crippen LogP contribution < -0.4 is 0 Å². The summed E-state index contributed by atoms with van der Waals surface area (Å²) in [4.78, 5) is 10.5. The highest BCUT2D eigenvalue weighted by Crippen LogP contribution is 2.22. The molecule has 1 rings (SSSR count). The van der Waals surface area contributed by atoms with Crippen LogP contribution in [-0.2, 0) is 6.42 Å². The van der Waals surface area contributed by atoms with Gasteiger partial charge in [-0.25, -0.2) is 4.79 Å². The van der Waals surface area contributed by atoms with Crippen LogP contribution in [0.15, 0.2) is 18.2 Å². The molecule has 0 atom stereocenters. The minimum Gasteiger partial charge on any atom is -0.507 e. The van der Waals surface area contributed by atoms with Gasteiger partial charge in [-0.05, 0) is 18.1 Å². The number of aromatic hydroxyl groups is 1. The van der Waals surface area contributed by atoms with Gasteiger partial charge in [0.15, 0.2) is 0 Å². The lowest BCUT2D eigenvalue weighted by atomic mass is 10.1. The molecule has 0 bridgehead atoms. The van der Waals surface area contributed by atoms with Gasteiger partial charge in [0.2, 0.25) is 0 Å². The maximum absolute atomic E-state index is 10.5. The number of rotatable bonds is 2. The quantitative estimate of drug-likeness (QED) is 0.702. The Kier molecular flexibility index (Phi) is 2.33. The molecular weight excluding hydrogens is 156 g/mol. The van der Waals surface area contributed by atoms with Gasteiger partial charge in [0.1, 0.15) is 11.3 Å². The van der Waals surface area contributed by atoms with Gasteiger partial charge in [0, 0.05) is 0 Å². The minimum absolute atomic E-state index is 0.0330. The Labute approximate surface area is 70.3 Å². The first-order valence-electron chi connectivity index (χ1n) is 3.71. The van der Waals surface area contributed by atoms with E-state index in [9.17, 15) is 9.90 Å². The molecule has 0 aromatic heterocycles. The standard InChI is InChI=1S/C9H10O3/c1-2-6-4-3-5-7(8(6)10)9(11)12/h3-5,10H,2H2,1H3,(H,11,12). The largest absolute Gasteiger partial charge is 0.507 e. The fraction of sp³-hybridized carbons (Fsp3) is 0.222. The first-order valence-corrected chi connectivity index (χ1v) is 3.71. The van der Waals surface area contributed by atoms with E-state index in [2.05, 4.69) is 0 Å². The van der Waals surface area contributed by atoms with Crippen molar-refractivity contribution >= 4 is 5.97 Å². The fourth-order valence-electron chi connectivity index (χ4n) is 1.05. The van der Waals surface area contributed by atoms with E-state index in [4.69, 9.17) is 5.11 Å². The van der Waals surface area contributed by atoms with Gasteiger partial charge >= 0.3 is 5.97 Å². The van der Waals surface area contributed by atoms with Crippen LogP contribution in [0, 0.1) is 0 Å². The first-order chi connectivity index (χ1) is 5.66. The van der Waals surface area contributed by atoms with Crippen molar-refractivity contribution in [2.75, 3.05) is 0 Å². The summed E-state index contributed by atoms with van der Waals surface area (Å²) in [7, 11) is 0. The van der Waals surface area contributed by atoms with E-state index in [1.165, 1.54) is 6.07 Å². The maximum atomic E-state index is 10.5. The molecule has 2 N–H and O–H groups in total. The Morgan fingerprint density at radius 2 is 2.17 bits per heavy atom. The molecule has 0 saturated carbocycles. The Balaban J connectivity index is 3.23. The van der Waals surface area contributed by atoms with Crippen molar-refractivity contribution in [3.05, 3.63) is 29.3 Å². The fourth-order valence-corrected chi connectivity index (χ4v) is 1.05. The molecule has 0 amide bonds. The van der Waals surface area contributed by atoms with E-state index < -0.39 is 5.97 Å². The predicted molar refractivity (Wildman–Crippen MR) is 44.4 cm³/mol. The number of para-hydroxylation sites is 1. The van der Waals surface area contributed by atoms with Crippen molar-refractivity contribution < 1.29 is 15.0 Å². The Morgan fingerprint density at radius 3 is 2.67 bits per heavy atom. The monoisotopic (exact) mass is 166 g/mol. The van der Waals surface area contributed by atoms with Crippen LogP contribution in [0.25, 0.3) is 0 Å². The molecule has 0 fully saturated rings. The van der Waals surface area contributed by atoms with E-state index >= 15 is 0 Å². The lowest BCUT2D eigenvalue weighted by Gasteiger charge is -2.03. The average Bonchev–Trinajstić information content (AvgIpc) is 2.04. The number of aryl methyl sites for hydroxylation is 1. The van der Waals surface area contributed by atoms with Crippen molar-refractivity contribution in [3.63, 3.8) is 0 Å². The third kappa shape index (κ3) is 1.39. The van der Waals surface area contributed by atoms with E-state index in [0.29, 0.717) is 12.0 Å². The third-order valence-corrected chi connectivity index (χ3v) is 1.73. The second-order valence-electron chi connectivity index (χ2n) is 2.47. The van der Waals surface area contributed by atoms with Crippen LogP contribution in [-0.4, -0.2) is 16.2 Å². The zero-order chi connectivity index (χ0) is 9.14. The molecule has 3 nitrogen and oxygen atoms in total. The third-order valence-electron chi connectivity index (χ3n) is 1.73. The van der Waals surface area contributed by atoms with E-state index in [-0.39, 0.29) is 11.3 Å². The Bertz CT molecular complexity index is 305. The summed E-state index contributed by atoms with van der Waals surface area (Å²) in [5, 5.41) is 18.0. The number of carboxylic acid groups (broad SMARTS) is 1. The highest BCUT2D eigenvalue weighted by molar-refractivity contribution is 5.91. The smallest absolute Gasteiger partial charge is 0.339 e. The Hall–Kier alpha value is -1.51. The number of benzene rings is 1. The molecule has 0 aliphatic rings. The van der Waals surface area contributed by atoms with Crippen molar-refractivity contribution in [2.24, 2.45) is 0 Å². The van der Waals surface area contributed by atoms with Gasteiger partial charge in [-0.15, -0.1) is 0 Å². The SMILES string of the molecule is CCc1cccc(C(=O)O)c1O. The second kappa shape index (κ2) is 3.26. The van der Waals surface area contributed by atoms with Gasteiger partial charge < -0.3 is 10.2 Å². The molecule has 0 spiro atoms. The molecule has 0 radical (unpaired) electrons. The van der Waals surface area contributed by atoms with E-state index in [0.717, 1.165) is 0 Å². The lowest BCUT2D eigenvalue weighted by Crippen LogP contribution is -1.98. The lowest BCUT2D eigenvalue weighted by molar-refractivity contribution is 0.0693. The van der Waals surface area contributed by atoms with E-state index in [1.807, 2.05) is 6.92 Å². The molecule has 12 heavy (non-hydrogen) atoms. The average molecular weight is 166 g/mol. The molecule has 3 heteroatoms. The zero-order valence-electron chi connectivity index (χ0n) is 6.74. The van der Waals surface area contributed by atoms with Gasteiger partial charge in [0.25, 0.3) is 0 Å². The van der Waals surface area contributed by atoms with E-state index in [1.54, 1.807) is 12.1 Å². The van der Waals surface area contributed by atoms with Gasteiger partial charge in [-0.1, -0.05) is 19.1 Å². The summed E-state index contributed by atoms with van der Waals surface area (Å²) in [6.45, 7) is 1.86. The summed E-state index contributed by atoms with van der Waals surface area (Å²) in [5.41, 5.74) is 0.629. The van der Waals surface area contributed by atoms with Gasteiger partial charge in [-0.2, -0.15) is 0 Å². The molecule has 0 heterocycles. The summed E-state index contributed by atoms with van der Waals surface area (Å²) < 4.78 is 0. The van der Waals surface area contributed by atoms with Crippen LogP contribution in [0.5, 0.6) is 5.75 Å². The van der Waals surface area contributed by atoms with Crippen LogP contribution in [0.2, 0.25) is 0 Å². The number of hydrogen-bond donors (Lipinski definition) is 2. The number of phenols is 1. The molecule has 0 saturated heterocycles.